The van der Waals surface area contributed by atoms with Crippen molar-refractivity contribution in [3.63, 3.8) is 0 Å². The summed E-state index contributed by atoms with van der Waals surface area (Å²) in [5.41, 5.74) is 0. The Balaban J connectivity index is 2.38. The summed E-state index contributed by atoms with van der Waals surface area (Å²) < 4.78 is 6.37. The summed E-state index contributed by atoms with van der Waals surface area (Å²) in [7, 11) is 1.63. The Labute approximate surface area is 115 Å². The van der Waals surface area contributed by atoms with Crippen LogP contribution < -0.4 is 5.32 Å². The van der Waals surface area contributed by atoms with Crippen molar-refractivity contribution in [3.8, 4) is 0 Å². The molecule has 1 atom stereocenters. The van der Waals surface area contributed by atoms with Gasteiger partial charge in [-0.15, -0.1) is 5.10 Å². The van der Waals surface area contributed by atoms with Crippen molar-refractivity contribution >= 4 is 17.7 Å². The number of ether oxygens (including phenoxy) is 1. The molecular weight excluding hydrogens is 270 g/mol. The quantitative estimate of drug-likeness (QED) is 0.457. The Bertz CT molecular complexity index is 387. The van der Waals surface area contributed by atoms with Gasteiger partial charge in [-0.05, 0) is 23.8 Å². The number of carbonyl (C=O) groups is 1. The molecule has 0 aliphatic carbocycles. The molecule has 0 bridgehead atoms. The van der Waals surface area contributed by atoms with Gasteiger partial charge in [0.25, 0.3) is 0 Å². The maximum atomic E-state index is 11.8. The van der Waals surface area contributed by atoms with Crippen molar-refractivity contribution in [2.45, 2.75) is 30.3 Å². The molecule has 0 aliphatic heterocycles. The van der Waals surface area contributed by atoms with E-state index >= 15 is 0 Å². The molecule has 1 aromatic heterocycles. The summed E-state index contributed by atoms with van der Waals surface area (Å²) in [5.74, 6) is -0.0698. The van der Waals surface area contributed by atoms with Crippen LogP contribution in [0.5, 0.6) is 0 Å². The highest BCUT2D eigenvalue weighted by Gasteiger charge is 2.17. The first kappa shape index (κ1) is 15.9. The average Bonchev–Trinajstić information content (AvgIpc) is 2.82. The molecule has 0 aliphatic rings. The van der Waals surface area contributed by atoms with E-state index < -0.39 is 0 Å². The number of nitrogens with zero attached hydrogens (tertiary/aromatic N) is 4. The first-order chi connectivity index (χ1) is 9.19. The molecule has 1 unspecified atom stereocenters. The van der Waals surface area contributed by atoms with Gasteiger partial charge in [0.05, 0.1) is 18.4 Å². The minimum atomic E-state index is -0.300. The van der Waals surface area contributed by atoms with Crippen LogP contribution in [0.3, 0.4) is 0 Å². The highest BCUT2D eigenvalue weighted by Crippen LogP contribution is 2.19. The number of nitrogens with one attached hydrogen (secondary N) is 1. The molecule has 0 saturated heterocycles. The number of tetrazole rings is 1. The maximum Gasteiger partial charge on any atom is 0.233 e. The van der Waals surface area contributed by atoms with Crippen molar-refractivity contribution < 1.29 is 14.6 Å². The van der Waals surface area contributed by atoms with E-state index in [1.54, 1.807) is 14.0 Å². The number of thioether (sulfide) groups is 1. The summed E-state index contributed by atoms with van der Waals surface area (Å²) >= 11 is 1.26. The third kappa shape index (κ3) is 5.53. The topological polar surface area (TPSA) is 102 Å². The number of rotatable bonds is 9. The van der Waals surface area contributed by atoms with Crippen LogP contribution in [0.4, 0.5) is 0 Å². The fraction of sp³-hybridized carbons (Fsp3) is 0.800. The van der Waals surface area contributed by atoms with E-state index in [1.807, 2.05) is 0 Å². The van der Waals surface area contributed by atoms with E-state index in [4.69, 9.17) is 9.84 Å². The van der Waals surface area contributed by atoms with Crippen LogP contribution in [0.2, 0.25) is 0 Å². The van der Waals surface area contributed by atoms with Crippen molar-refractivity contribution in [1.29, 1.82) is 0 Å². The zero-order valence-corrected chi connectivity index (χ0v) is 11.9. The Morgan fingerprint density at radius 3 is 3.11 bits per heavy atom. The number of carbonyl (C=O) groups excluding carboxylic acids is 1. The minimum absolute atomic E-state index is 0.0454. The number of amides is 1. The molecule has 1 amide bonds. The van der Waals surface area contributed by atoms with Gasteiger partial charge in [0, 0.05) is 20.3 Å². The highest BCUT2D eigenvalue weighted by molar-refractivity contribution is 8.00. The van der Waals surface area contributed by atoms with Crippen molar-refractivity contribution in [3.05, 3.63) is 0 Å². The van der Waals surface area contributed by atoms with E-state index in [-0.39, 0.29) is 17.8 Å². The monoisotopic (exact) mass is 289 g/mol. The molecule has 8 nitrogen and oxygen atoms in total. The molecule has 1 heterocycles. The Morgan fingerprint density at radius 2 is 2.42 bits per heavy atom. The molecule has 0 fully saturated rings. The molecule has 9 heteroatoms. The molecule has 1 rings (SSSR count). The zero-order valence-electron chi connectivity index (χ0n) is 11.1. The van der Waals surface area contributed by atoms with Gasteiger partial charge in [-0.1, -0.05) is 11.8 Å². The first-order valence-electron chi connectivity index (χ1n) is 5.99. The summed E-state index contributed by atoms with van der Waals surface area (Å²) in [5, 5.41) is 23.0. The third-order valence-corrected chi connectivity index (χ3v) is 3.36. The Kier molecular flexibility index (Phi) is 7.38. The van der Waals surface area contributed by atoms with Crippen molar-refractivity contribution in [1.82, 2.24) is 25.5 Å². The van der Waals surface area contributed by atoms with Gasteiger partial charge < -0.3 is 15.2 Å². The SMILES string of the molecule is COCCCNC(=O)C(C)Sc1nnnn1CCO. The summed E-state index contributed by atoms with van der Waals surface area (Å²) in [6, 6.07) is 0. The molecule has 0 aromatic carbocycles. The summed E-state index contributed by atoms with van der Waals surface area (Å²) in [4.78, 5) is 11.8. The van der Waals surface area contributed by atoms with Crippen LogP contribution in [-0.4, -0.2) is 63.3 Å². The predicted octanol–water partition coefficient (Wildman–Crippen LogP) is -0.701. The van der Waals surface area contributed by atoms with Crippen LogP contribution in [0.15, 0.2) is 5.16 Å². The maximum absolute atomic E-state index is 11.8. The lowest BCUT2D eigenvalue weighted by Crippen LogP contribution is -2.32. The highest BCUT2D eigenvalue weighted by atomic mass is 32.2. The van der Waals surface area contributed by atoms with Crippen LogP contribution >= 0.6 is 11.8 Å². The second kappa shape index (κ2) is 8.83. The molecule has 1 aromatic rings. The number of hydrogen-bond donors (Lipinski definition) is 2. The van der Waals surface area contributed by atoms with Gasteiger partial charge in [0.1, 0.15) is 0 Å². The van der Waals surface area contributed by atoms with Crippen LogP contribution in [-0.2, 0) is 16.1 Å². The van der Waals surface area contributed by atoms with E-state index in [1.165, 1.54) is 16.4 Å². The lowest BCUT2D eigenvalue weighted by atomic mass is 10.4. The largest absolute Gasteiger partial charge is 0.394 e. The van der Waals surface area contributed by atoms with E-state index in [0.717, 1.165) is 6.42 Å². The molecule has 19 heavy (non-hydrogen) atoms. The van der Waals surface area contributed by atoms with Gasteiger partial charge in [-0.3, -0.25) is 4.79 Å². The van der Waals surface area contributed by atoms with Crippen LogP contribution in [0, 0.1) is 0 Å². The predicted molar refractivity (Wildman–Crippen MR) is 69.7 cm³/mol. The van der Waals surface area contributed by atoms with Gasteiger partial charge in [-0.2, -0.15) is 0 Å². The van der Waals surface area contributed by atoms with Gasteiger partial charge >= 0.3 is 0 Å². The van der Waals surface area contributed by atoms with Crippen molar-refractivity contribution in [2.75, 3.05) is 26.9 Å². The van der Waals surface area contributed by atoms with E-state index in [2.05, 4.69) is 20.8 Å². The molecule has 0 saturated carbocycles. The van der Waals surface area contributed by atoms with Gasteiger partial charge in [0.15, 0.2) is 0 Å². The van der Waals surface area contributed by atoms with E-state index in [9.17, 15) is 4.79 Å². The second-order valence-corrected chi connectivity index (χ2v) is 5.11. The van der Waals surface area contributed by atoms with Gasteiger partial charge in [-0.25, -0.2) is 4.68 Å². The second-order valence-electron chi connectivity index (χ2n) is 3.81. The fourth-order valence-corrected chi connectivity index (χ4v) is 2.14. The zero-order chi connectivity index (χ0) is 14.1. The normalized spacial score (nSPS) is 12.4. The number of methoxy groups -OCH3 is 1. The molecular formula is C10H19N5O3S. The fourth-order valence-electron chi connectivity index (χ4n) is 1.30. The number of aliphatic hydroxyl groups is 1. The number of aliphatic hydroxyl groups excluding tert-OH is 1. The summed E-state index contributed by atoms with van der Waals surface area (Å²) in [6.45, 7) is 3.26. The first-order valence-corrected chi connectivity index (χ1v) is 6.87. The Morgan fingerprint density at radius 1 is 1.63 bits per heavy atom. The van der Waals surface area contributed by atoms with Crippen molar-refractivity contribution in [2.24, 2.45) is 0 Å². The standard InChI is InChI=1S/C10H19N5O3S/c1-8(9(17)11-4-3-7-18-2)19-10-12-13-14-15(10)5-6-16/h8,16H,3-7H2,1-2H3,(H,11,17). The van der Waals surface area contributed by atoms with Gasteiger partial charge in [0.2, 0.25) is 11.1 Å². The smallest absolute Gasteiger partial charge is 0.233 e. The number of hydrogen-bond acceptors (Lipinski definition) is 7. The molecule has 2 N–H and O–H groups in total. The lowest BCUT2D eigenvalue weighted by molar-refractivity contribution is -0.120. The number of aromatic nitrogens is 4. The van der Waals surface area contributed by atoms with E-state index in [0.29, 0.717) is 24.9 Å². The Hall–Kier alpha value is -1.19. The molecule has 0 spiro atoms. The lowest BCUT2D eigenvalue weighted by Gasteiger charge is -2.11. The third-order valence-electron chi connectivity index (χ3n) is 2.29. The average molecular weight is 289 g/mol. The molecule has 108 valence electrons. The molecule has 0 radical (unpaired) electrons. The van der Waals surface area contributed by atoms with Crippen LogP contribution in [0.25, 0.3) is 0 Å². The van der Waals surface area contributed by atoms with Crippen LogP contribution in [0.1, 0.15) is 13.3 Å². The minimum Gasteiger partial charge on any atom is -0.394 e. The summed E-state index contributed by atoms with van der Waals surface area (Å²) in [6.07, 6.45) is 0.780.